The molecule has 0 amide bonds. The van der Waals surface area contributed by atoms with Gasteiger partial charge in [-0.3, -0.25) is 4.79 Å². The molecule has 0 bridgehead atoms. The molecule has 2 N–H and O–H groups in total. The molecule has 0 spiro atoms. The Morgan fingerprint density at radius 2 is 2.35 bits per heavy atom. The van der Waals surface area contributed by atoms with Crippen molar-refractivity contribution in [2.24, 2.45) is 0 Å². The molecule has 5 nitrogen and oxygen atoms in total. The number of hydrogen-bond acceptors (Lipinski definition) is 4. The van der Waals surface area contributed by atoms with Crippen molar-refractivity contribution in [3.63, 3.8) is 0 Å². The van der Waals surface area contributed by atoms with Gasteiger partial charge >= 0.3 is 5.97 Å². The maximum absolute atomic E-state index is 10.6. The highest BCUT2D eigenvalue weighted by atomic mass is 32.2. The lowest BCUT2D eigenvalue weighted by molar-refractivity contribution is -0.133. The van der Waals surface area contributed by atoms with Gasteiger partial charge in [-0.25, -0.2) is 4.98 Å². The third-order valence-electron chi connectivity index (χ3n) is 3.30. The van der Waals surface area contributed by atoms with Gasteiger partial charge in [-0.1, -0.05) is 11.8 Å². The number of ether oxygens (including phenoxy) is 1. The second kappa shape index (κ2) is 5.20. The summed E-state index contributed by atoms with van der Waals surface area (Å²) in [5.74, 6) is 0.0275. The minimum atomic E-state index is -0.838. The van der Waals surface area contributed by atoms with E-state index in [0.29, 0.717) is 5.16 Å². The highest BCUT2D eigenvalue weighted by molar-refractivity contribution is 7.99. The molecule has 1 heterocycles. The number of methoxy groups -OCH3 is 1. The molecule has 0 saturated heterocycles. The number of aromatic nitrogens is 2. The molecule has 1 aliphatic rings. The van der Waals surface area contributed by atoms with Crippen LogP contribution in [-0.4, -0.2) is 33.9 Å². The largest absolute Gasteiger partial charge is 0.497 e. The number of rotatable bonds is 4. The van der Waals surface area contributed by atoms with Gasteiger partial charge in [0, 0.05) is 11.3 Å². The van der Waals surface area contributed by atoms with Gasteiger partial charge in [0.1, 0.15) is 5.75 Å². The Morgan fingerprint density at radius 1 is 1.50 bits per heavy atom. The molecule has 0 atom stereocenters. The third kappa shape index (κ3) is 2.38. The zero-order chi connectivity index (χ0) is 14.1. The molecule has 0 fully saturated rings. The summed E-state index contributed by atoms with van der Waals surface area (Å²) in [6.45, 7) is 0. The van der Waals surface area contributed by atoms with E-state index in [2.05, 4.69) is 9.97 Å². The van der Waals surface area contributed by atoms with E-state index in [9.17, 15) is 4.79 Å². The molecule has 6 heteroatoms. The number of nitrogens with one attached hydrogen (secondary N) is 1. The van der Waals surface area contributed by atoms with Crippen LogP contribution in [0.15, 0.2) is 23.4 Å². The van der Waals surface area contributed by atoms with Gasteiger partial charge in [-0.2, -0.15) is 0 Å². The number of imidazole rings is 1. The zero-order valence-corrected chi connectivity index (χ0v) is 11.8. The van der Waals surface area contributed by atoms with Crippen molar-refractivity contribution in [1.29, 1.82) is 0 Å². The highest BCUT2D eigenvalue weighted by Crippen LogP contribution is 2.35. The lowest BCUT2D eigenvalue weighted by atomic mass is 9.92. The van der Waals surface area contributed by atoms with E-state index >= 15 is 0 Å². The van der Waals surface area contributed by atoms with Crippen molar-refractivity contribution >= 4 is 17.7 Å². The second-order valence-corrected chi connectivity index (χ2v) is 5.54. The zero-order valence-electron chi connectivity index (χ0n) is 11.0. The number of carboxylic acids is 1. The van der Waals surface area contributed by atoms with Crippen molar-refractivity contribution < 1.29 is 14.6 Å². The molecule has 104 valence electrons. The number of carbonyl (C=O) groups is 1. The van der Waals surface area contributed by atoms with E-state index in [0.717, 1.165) is 35.5 Å². The first-order valence-electron chi connectivity index (χ1n) is 6.28. The van der Waals surface area contributed by atoms with Crippen LogP contribution in [0.2, 0.25) is 0 Å². The summed E-state index contributed by atoms with van der Waals surface area (Å²) in [7, 11) is 1.66. The molecule has 20 heavy (non-hydrogen) atoms. The maximum atomic E-state index is 10.6. The lowest BCUT2D eigenvalue weighted by Crippen LogP contribution is -2.03. The fourth-order valence-corrected chi connectivity index (χ4v) is 2.99. The number of hydrogen-bond donors (Lipinski definition) is 2. The van der Waals surface area contributed by atoms with Gasteiger partial charge < -0.3 is 14.8 Å². The van der Waals surface area contributed by atoms with Gasteiger partial charge in [0.05, 0.1) is 18.6 Å². The number of benzene rings is 1. The molecular formula is C14H14N2O3S. The second-order valence-electron chi connectivity index (χ2n) is 4.57. The normalized spacial score (nSPS) is 12.7. The summed E-state index contributed by atoms with van der Waals surface area (Å²) >= 11 is 1.21. The van der Waals surface area contributed by atoms with Crippen LogP contribution < -0.4 is 4.74 Å². The highest BCUT2D eigenvalue weighted by Gasteiger charge is 2.21. The molecule has 0 unspecified atom stereocenters. The predicted octanol–water partition coefficient (Wildman–Crippen LogP) is 2.36. The van der Waals surface area contributed by atoms with Crippen LogP contribution in [0.4, 0.5) is 0 Å². The standard InChI is InChI=1S/C14H14N2O3S/c1-19-9-3-4-10-8(6-9)2-5-11-13(10)16-14(15-11)20-7-12(17)18/h3-4,6H,2,5,7H2,1H3,(H,15,16)(H,17,18). The van der Waals surface area contributed by atoms with E-state index in [1.165, 1.54) is 17.3 Å². The molecule has 1 aliphatic carbocycles. The predicted molar refractivity (Wildman–Crippen MR) is 76.3 cm³/mol. The minimum absolute atomic E-state index is 0.0157. The summed E-state index contributed by atoms with van der Waals surface area (Å²) < 4.78 is 5.24. The van der Waals surface area contributed by atoms with E-state index in [4.69, 9.17) is 9.84 Å². The van der Waals surface area contributed by atoms with Gasteiger partial charge in [0.25, 0.3) is 0 Å². The van der Waals surface area contributed by atoms with Gasteiger partial charge in [-0.05, 0) is 36.6 Å². The first-order chi connectivity index (χ1) is 9.67. The quantitative estimate of drug-likeness (QED) is 0.845. The van der Waals surface area contributed by atoms with Crippen molar-refractivity contribution in [3.05, 3.63) is 29.5 Å². The van der Waals surface area contributed by atoms with Crippen LogP contribution in [0.25, 0.3) is 11.3 Å². The Kier molecular flexibility index (Phi) is 3.40. The summed E-state index contributed by atoms with van der Waals surface area (Å²) in [5.41, 5.74) is 4.33. The van der Waals surface area contributed by atoms with Crippen molar-refractivity contribution in [2.45, 2.75) is 18.0 Å². The van der Waals surface area contributed by atoms with E-state index in [1.807, 2.05) is 18.2 Å². The molecule has 3 rings (SSSR count). The molecule has 0 aliphatic heterocycles. The summed E-state index contributed by atoms with van der Waals surface area (Å²) in [6, 6.07) is 5.97. The minimum Gasteiger partial charge on any atom is -0.497 e. The fourth-order valence-electron chi connectivity index (χ4n) is 2.38. The third-order valence-corrected chi connectivity index (χ3v) is 4.16. The molecule has 2 aromatic rings. The maximum Gasteiger partial charge on any atom is 0.313 e. The number of fused-ring (bicyclic) bond motifs is 3. The number of nitrogens with zero attached hydrogens (tertiary/aromatic N) is 1. The Morgan fingerprint density at radius 3 is 3.10 bits per heavy atom. The average Bonchev–Trinajstić information content (AvgIpc) is 2.87. The number of aryl methyl sites for hydroxylation is 2. The Hall–Kier alpha value is -1.95. The van der Waals surface area contributed by atoms with Crippen molar-refractivity contribution in [1.82, 2.24) is 9.97 Å². The van der Waals surface area contributed by atoms with Gasteiger partial charge in [0.2, 0.25) is 0 Å². The molecule has 0 radical (unpaired) electrons. The van der Waals surface area contributed by atoms with E-state index < -0.39 is 5.97 Å². The Balaban J connectivity index is 1.93. The lowest BCUT2D eigenvalue weighted by Gasteiger charge is -2.15. The average molecular weight is 290 g/mol. The van der Waals surface area contributed by atoms with Gasteiger partial charge in [-0.15, -0.1) is 0 Å². The monoisotopic (exact) mass is 290 g/mol. The molecular weight excluding hydrogens is 276 g/mol. The number of aliphatic carboxylic acids is 1. The van der Waals surface area contributed by atoms with Crippen LogP contribution in [0, 0.1) is 0 Å². The number of carboxylic acid groups (broad SMARTS) is 1. The molecule has 0 saturated carbocycles. The SMILES string of the molecule is COc1ccc2c(c1)CCc1[nH]c(SCC(=O)O)nc1-2. The summed E-state index contributed by atoms with van der Waals surface area (Å²) in [4.78, 5) is 18.3. The van der Waals surface area contributed by atoms with Crippen LogP contribution in [0.3, 0.4) is 0 Å². The Bertz CT molecular complexity index is 666. The van der Waals surface area contributed by atoms with Crippen LogP contribution in [-0.2, 0) is 17.6 Å². The number of thioether (sulfide) groups is 1. The van der Waals surface area contributed by atoms with E-state index in [1.54, 1.807) is 7.11 Å². The van der Waals surface area contributed by atoms with Crippen LogP contribution >= 0.6 is 11.8 Å². The summed E-state index contributed by atoms with van der Waals surface area (Å²) in [5, 5.41) is 9.38. The smallest absolute Gasteiger partial charge is 0.313 e. The van der Waals surface area contributed by atoms with Gasteiger partial charge in [0.15, 0.2) is 5.16 Å². The fraction of sp³-hybridized carbons (Fsp3) is 0.286. The summed E-state index contributed by atoms with van der Waals surface area (Å²) in [6.07, 6.45) is 1.82. The Labute approximate surface area is 120 Å². The first kappa shape index (κ1) is 13.1. The number of H-pyrrole nitrogens is 1. The van der Waals surface area contributed by atoms with Crippen LogP contribution in [0.5, 0.6) is 5.75 Å². The topological polar surface area (TPSA) is 75.2 Å². The first-order valence-corrected chi connectivity index (χ1v) is 7.26. The van der Waals surface area contributed by atoms with Crippen molar-refractivity contribution in [2.75, 3.05) is 12.9 Å². The van der Waals surface area contributed by atoms with E-state index in [-0.39, 0.29) is 5.75 Å². The van der Waals surface area contributed by atoms with Crippen molar-refractivity contribution in [3.8, 4) is 17.0 Å². The van der Waals surface area contributed by atoms with Crippen LogP contribution in [0.1, 0.15) is 11.3 Å². The molecule has 1 aromatic heterocycles. The number of aromatic amines is 1. The molecule has 1 aromatic carbocycles.